The number of nitrogens with zero attached hydrogens (tertiary/aromatic N) is 5. The topological polar surface area (TPSA) is 131 Å². The number of ether oxygens (including phenoxy) is 3. The summed E-state index contributed by atoms with van der Waals surface area (Å²) in [6, 6.07) is 3.74. The Morgan fingerprint density at radius 3 is 2.22 bits per heavy atom. The van der Waals surface area contributed by atoms with E-state index in [-0.39, 0.29) is 60.3 Å². The van der Waals surface area contributed by atoms with E-state index < -0.39 is 35.0 Å². The van der Waals surface area contributed by atoms with Gasteiger partial charge in [0.25, 0.3) is 0 Å². The number of thiazole rings is 1. The number of benzene rings is 2. The van der Waals surface area contributed by atoms with Crippen LogP contribution in [0.3, 0.4) is 0 Å². The van der Waals surface area contributed by atoms with Crippen LogP contribution in [-0.4, -0.2) is 94.5 Å². The standard InChI is InChI=1S/C29H31ClF2N6O5S.C5H11N/c1-28(2,3)42-26(39)37-25-35-21-14(8-9-17(31)22(21)44-25)18-16(30)10-15-20(19(18)32)34-24(41-7)36-23(15)33-13-11-38(12-13)27(40)43-29(4,5)6;1-6-4-2-3-5-6/h8-10,13H,11-12H2,1-7H3,(H,33,34,36)(H,35,37,39);2-5H2,1H3. The molecule has 16 heteroatoms. The zero-order valence-electron chi connectivity index (χ0n) is 29.4. The summed E-state index contributed by atoms with van der Waals surface area (Å²) in [6.07, 6.45) is 1.63. The molecule has 0 saturated carbocycles. The summed E-state index contributed by atoms with van der Waals surface area (Å²) in [4.78, 5) is 41.5. The number of aromatic nitrogens is 3. The van der Waals surface area contributed by atoms with E-state index in [9.17, 15) is 14.0 Å². The molecule has 0 unspecified atom stereocenters. The van der Waals surface area contributed by atoms with Gasteiger partial charge in [-0.15, -0.1) is 0 Å². The lowest BCUT2D eigenvalue weighted by molar-refractivity contribution is 0.0104. The molecule has 2 aliphatic heterocycles. The Morgan fingerprint density at radius 2 is 1.64 bits per heavy atom. The monoisotopic (exact) mass is 733 g/mol. The third kappa shape index (κ3) is 8.79. The first-order valence-electron chi connectivity index (χ1n) is 16.2. The number of nitrogens with one attached hydrogen (secondary N) is 2. The molecule has 270 valence electrons. The first-order chi connectivity index (χ1) is 23.4. The van der Waals surface area contributed by atoms with Crippen LogP contribution in [0.15, 0.2) is 18.2 Å². The molecule has 0 spiro atoms. The average Bonchev–Trinajstić information content (AvgIpc) is 3.63. The summed E-state index contributed by atoms with van der Waals surface area (Å²) in [5.41, 5.74) is -1.25. The summed E-state index contributed by atoms with van der Waals surface area (Å²) in [7, 11) is 3.53. The number of halogens is 3. The highest BCUT2D eigenvalue weighted by Crippen LogP contribution is 2.42. The second-order valence-electron chi connectivity index (χ2n) is 14.2. The van der Waals surface area contributed by atoms with E-state index in [2.05, 4.69) is 37.5 Å². The van der Waals surface area contributed by atoms with Crippen molar-refractivity contribution >= 4 is 67.2 Å². The number of carbonyl (C=O) groups is 2. The van der Waals surface area contributed by atoms with Gasteiger partial charge >= 0.3 is 18.2 Å². The highest BCUT2D eigenvalue weighted by molar-refractivity contribution is 7.22. The lowest BCUT2D eigenvalue weighted by Crippen LogP contribution is -2.58. The Bertz CT molecular complexity index is 1900. The normalized spacial score (nSPS) is 15.4. The zero-order chi connectivity index (χ0) is 36.5. The molecule has 2 aliphatic rings. The Balaban J connectivity index is 0.000000732. The molecule has 4 heterocycles. The predicted octanol–water partition coefficient (Wildman–Crippen LogP) is 7.94. The number of fused-ring (bicyclic) bond motifs is 2. The summed E-state index contributed by atoms with van der Waals surface area (Å²) in [6.45, 7) is 13.8. The molecule has 2 aromatic heterocycles. The van der Waals surface area contributed by atoms with Crippen LogP contribution in [0, 0.1) is 11.6 Å². The van der Waals surface area contributed by atoms with Gasteiger partial charge in [-0.05, 0) is 92.7 Å². The first-order valence-corrected chi connectivity index (χ1v) is 17.4. The molecule has 12 nitrogen and oxygen atoms in total. The molecule has 0 atom stereocenters. The van der Waals surface area contributed by atoms with Gasteiger partial charge in [-0.25, -0.2) is 23.4 Å². The predicted molar refractivity (Wildman–Crippen MR) is 191 cm³/mol. The maximum absolute atomic E-state index is 16.4. The van der Waals surface area contributed by atoms with Gasteiger partial charge < -0.3 is 29.3 Å². The van der Waals surface area contributed by atoms with E-state index in [0.717, 1.165) is 11.3 Å². The Labute approximate surface area is 298 Å². The summed E-state index contributed by atoms with van der Waals surface area (Å²) in [5, 5.41) is 6.05. The Kier molecular flexibility index (Phi) is 10.9. The lowest BCUT2D eigenvalue weighted by atomic mass is 10.0. The Hall–Kier alpha value is -4.08. The molecule has 0 radical (unpaired) electrons. The van der Waals surface area contributed by atoms with Crippen molar-refractivity contribution in [3.8, 4) is 17.1 Å². The molecule has 2 fully saturated rings. The smallest absolute Gasteiger partial charge is 0.413 e. The van der Waals surface area contributed by atoms with Crippen LogP contribution in [0.1, 0.15) is 54.4 Å². The molecule has 0 aliphatic carbocycles. The number of hydrogen-bond acceptors (Lipinski definition) is 11. The van der Waals surface area contributed by atoms with Crippen LogP contribution >= 0.6 is 22.9 Å². The molecule has 4 aromatic rings. The lowest BCUT2D eigenvalue weighted by Gasteiger charge is -2.40. The van der Waals surface area contributed by atoms with Crippen molar-refractivity contribution in [2.75, 3.05) is 51.0 Å². The number of hydrogen-bond donors (Lipinski definition) is 2. The molecule has 0 bridgehead atoms. The highest BCUT2D eigenvalue weighted by atomic mass is 35.5. The van der Waals surface area contributed by atoms with Crippen molar-refractivity contribution in [2.45, 2.75) is 71.6 Å². The zero-order valence-corrected chi connectivity index (χ0v) is 30.9. The maximum atomic E-state index is 16.4. The van der Waals surface area contributed by atoms with Crippen molar-refractivity contribution in [1.29, 1.82) is 0 Å². The van der Waals surface area contributed by atoms with Gasteiger partial charge in [0.1, 0.15) is 28.4 Å². The number of likely N-dealkylation sites (tertiary alicyclic amines) is 2. The van der Waals surface area contributed by atoms with Crippen LogP contribution in [-0.2, 0) is 9.47 Å². The second kappa shape index (κ2) is 14.6. The molecule has 2 amide bonds. The average molecular weight is 734 g/mol. The number of amides is 2. The minimum atomic E-state index is -0.803. The fraction of sp³-hybridized carbons (Fsp3) is 0.500. The van der Waals surface area contributed by atoms with E-state index in [0.29, 0.717) is 13.1 Å². The molecular weight excluding hydrogens is 692 g/mol. The second-order valence-corrected chi connectivity index (χ2v) is 15.6. The summed E-state index contributed by atoms with van der Waals surface area (Å²) < 4.78 is 47.2. The SMILES string of the molecule is CN1CCCC1.COc1nc(NC2CN(C(=O)OC(C)(C)C)C2)c2cc(Cl)c(-c3ccc(F)c4sc(NC(=O)OC(C)(C)C)nc34)c(F)c2n1. The number of methoxy groups -OCH3 is 1. The van der Waals surface area contributed by atoms with Gasteiger partial charge in [0.05, 0.1) is 28.4 Å². The van der Waals surface area contributed by atoms with Gasteiger partial charge in [0.2, 0.25) is 0 Å². The fourth-order valence-electron chi connectivity index (χ4n) is 5.36. The molecule has 2 N–H and O–H groups in total. The van der Waals surface area contributed by atoms with E-state index in [1.165, 1.54) is 56.1 Å². The minimum Gasteiger partial charge on any atom is -0.467 e. The van der Waals surface area contributed by atoms with Gasteiger partial charge in [-0.3, -0.25) is 5.32 Å². The number of rotatable bonds is 5. The highest BCUT2D eigenvalue weighted by Gasteiger charge is 2.35. The minimum absolute atomic E-state index is 0.00151. The Morgan fingerprint density at radius 1 is 0.980 bits per heavy atom. The molecule has 6 rings (SSSR count). The van der Waals surface area contributed by atoms with Crippen molar-refractivity contribution in [1.82, 2.24) is 24.8 Å². The van der Waals surface area contributed by atoms with Crippen LogP contribution in [0.5, 0.6) is 6.01 Å². The largest absolute Gasteiger partial charge is 0.467 e. The third-order valence-electron chi connectivity index (χ3n) is 7.62. The van der Waals surface area contributed by atoms with Crippen LogP contribution in [0.4, 0.5) is 29.3 Å². The molecular formula is C34H42ClF2N7O5S. The van der Waals surface area contributed by atoms with Crippen molar-refractivity contribution in [2.24, 2.45) is 0 Å². The third-order valence-corrected chi connectivity index (χ3v) is 8.90. The van der Waals surface area contributed by atoms with Crippen molar-refractivity contribution < 1.29 is 32.6 Å². The van der Waals surface area contributed by atoms with Gasteiger partial charge in [0.15, 0.2) is 10.9 Å². The molecule has 2 aromatic carbocycles. The summed E-state index contributed by atoms with van der Waals surface area (Å²) >= 11 is 7.55. The van der Waals surface area contributed by atoms with Gasteiger partial charge in [0, 0.05) is 29.6 Å². The van der Waals surface area contributed by atoms with E-state index >= 15 is 4.39 Å². The quantitative estimate of drug-likeness (QED) is 0.208. The first kappa shape index (κ1) is 37.2. The number of anilines is 2. The van der Waals surface area contributed by atoms with Crippen LogP contribution in [0.25, 0.3) is 32.2 Å². The van der Waals surface area contributed by atoms with Crippen LogP contribution in [0.2, 0.25) is 5.02 Å². The number of carbonyl (C=O) groups excluding carboxylic acids is 2. The van der Waals surface area contributed by atoms with Gasteiger partial charge in [-0.1, -0.05) is 22.9 Å². The van der Waals surface area contributed by atoms with Gasteiger partial charge in [-0.2, -0.15) is 9.97 Å². The summed E-state index contributed by atoms with van der Waals surface area (Å²) in [5.74, 6) is -1.15. The van der Waals surface area contributed by atoms with E-state index in [1.807, 2.05) is 0 Å². The van der Waals surface area contributed by atoms with Crippen molar-refractivity contribution in [3.05, 3.63) is 34.9 Å². The molecule has 50 heavy (non-hydrogen) atoms. The van der Waals surface area contributed by atoms with E-state index in [1.54, 1.807) is 41.5 Å². The van der Waals surface area contributed by atoms with Crippen LogP contribution < -0.4 is 15.4 Å². The fourth-order valence-corrected chi connectivity index (χ4v) is 6.54. The molecule has 2 saturated heterocycles. The van der Waals surface area contributed by atoms with Crippen molar-refractivity contribution in [3.63, 3.8) is 0 Å². The van der Waals surface area contributed by atoms with E-state index in [4.69, 9.17) is 25.8 Å². The maximum Gasteiger partial charge on any atom is 0.413 e.